The molecule has 4 N–H and O–H groups in total. The first-order chi connectivity index (χ1) is 8.66. The van der Waals surface area contributed by atoms with Crippen molar-refractivity contribution in [3.63, 3.8) is 0 Å². The highest BCUT2D eigenvalue weighted by Crippen LogP contribution is 2.24. The first-order valence-corrected chi connectivity index (χ1v) is 6.24. The molecule has 4 nitrogen and oxygen atoms in total. The van der Waals surface area contributed by atoms with E-state index in [4.69, 9.17) is 11.5 Å². The molecule has 1 aliphatic heterocycles. The average Bonchev–Trinajstić information content (AvgIpc) is 2.38. The van der Waals surface area contributed by atoms with Crippen molar-refractivity contribution in [1.82, 2.24) is 0 Å². The molecule has 96 valence electrons. The second-order valence-corrected chi connectivity index (χ2v) is 4.62. The van der Waals surface area contributed by atoms with E-state index in [-0.39, 0.29) is 0 Å². The van der Waals surface area contributed by atoms with Crippen LogP contribution in [0.4, 0.5) is 5.69 Å². The highest BCUT2D eigenvalue weighted by Gasteiger charge is 2.17. The number of amides is 1. The van der Waals surface area contributed by atoms with Gasteiger partial charge in [-0.15, -0.1) is 0 Å². The summed E-state index contributed by atoms with van der Waals surface area (Å²) in [6.45, 7) is 1.92. The van der Waals surface area contributed by atoms with E-state index in [1.165, 1.54) is 6.08 Å². The van der Waals surface area contributed by atoms with Crippen molar-refractivity contribution in [1.29, 1.82) is 0 Å². The fourth-order valence-electron chi connectivity index (χ4n) is 2.23. The van der Waals surface area contributed by atoms with E-state index in [0.29, 0.717) is 6.04 Å². The van der Waals surface area contributed by atoms with Gasteiger partial charge >= 0.3 is 0 Å². The number of para-hydroxylation sites is 1. The number of piperidine rings is 1. The van der Waals surface area contributed by atoms with Crippen LogP contribution < -0.4 is 16.4 Å². The van der Waals surface area contributed by atoms with Crippen molar-refractivity contribution < 1.29 is 4.79 Å². The van der Waals surface area contributed by atoms with E-state index in [1.54, 1.807) is 6.08 Å². The monoisotopic (exact) mass is 245 g/mol. The minimum absolute atomic E-state index is 0.314. The van der Waals surface area contributed by atoms with Crippen LogP contribution in [0.25, 0.3) is 6.08 Å². The third kappa shape index (κ3) is 3.11. The van der Waals surface area contributed by atoms with Gasteiger partial charge in [0.2, 0.25) is 5.91 Å². The Bertz CT molecular complexity index is 448. The second-order valence-electron chi connectivity index (χ2n) is 4.62. The molecule has 1 aromatic rings. The van der Waals surface area contributed by atoms with Gasteiger partial charge in [0, 0.05) is 30.9 Å². The first kappa shape index (κ1) is 12.6. The van der Waals surface area contributed by atoms with Crippen molar-refractivity contribution in [2.75, 3.05) is 18.0 Å². The Hall–Kier alpha value is -1.81. The van der Waals surface area contributed by atoms with E-state index >= 15 is 0 Å². The summed E-state index contributed by atoms with van der Waals surface area (Å²) in [6.07, 6.45) is 5.18. The van der Waals surface area contributed by atoms with Gasteiger partial charge in [-0.2, -0.15) is 0 Å². The molecule has 0 saturated carbocycles. The van der Waals surface area contributed by atoms with Crippen LogP contribution in [0, 0.1) is 0 Å². The molecule has 1 aliphatic rings. The van der Waals surface area contributed by atoms with Gasteiger partial charge in [-0.3, -0.25) is 4.79 Å². The van der Waals surface area contributed by atoms with Gasteiger partial charge in [0.15, 0.2) is 0 Å². The molecule has 0 aromatic heterocycles. The predicted molar refractivity (Wildman–Crippen MR) is 74.1 cm³/mol. The molecule has 1 saturated heterocycles. The number of anilines is 1. The molecule has 0 atom stereocenters. The lowest BCUT2D eigenvalue weighted by atomic mass is 10.0. The summed E-state index contributed by atoms with van der Waals surface area (Å²) in [5.41, 5.74) is 13.2. The Morgan fingerprint density at radius 3 is 2.61 bits per heavy atom. The number of hydrogen-bond donors (Lipinski definition) is 2. The molecule has 18 heavy (non-hydrogen) atoms. The van der Waals surface area contributed by atoms with Gasteiger partial charge in [-0.05, 0) is 30.5 Å². The minimum Gasteiger partial charge on any atom is -0.371 e. The number of rotatable bonds is 3. The number of hydrogen-bond acceptors (Lipinski definition) is 3. The maximum absolute atomic E-state index is 10.8. The third-order valence-corrected chi connectivity index (χ3v) is 3.24. The molecule has 0 aliphatic carbocycles. The molecule has 0 bridgehead atoms. The van der Waals surface area contributed by atoms with Crippen LogP contribution in [0.1, 0.15) is 18.4 Å². The van der Waals surface area contributed by atoms with Crippen LogP contribution in [-0.2, 0) is 4.79 Å². The molecular formula is C14H19N3O. The maximum Gasteiger partial charge on any atom is 0.241 e. The average molecular weight is 245 g/mol. The Morgan fingerprint density at radius 1 is 1.28 bits per heavy atom. The van der Waals surface area contributed by atoms with Gasteiger partial charge in [0.05, 0.1) is 0 Å². The first-order valence-electron chi connectivity index (χ1n) is 6.24. The van der Waals surface area contributed by atoms with E-state index in [9.17, 15) is 4.79 Å². The fourth-order valence-corrected chi connectivity index (χ4v) is 2.23. The molecule has 4 heteroatoms. The van der Waals surface area contributed by atoms with Crippen LogP contribution >= 0.6 is 0 Å². The minimum atomic E-state index is -0.425. The molecule has 1 amide bonds. The van der Waals surface area contributed by atoms with Crippen molar-refractivity contribution >= 4 is 17.7 Å². The number of carbonyl (C=O) groups is 1. The lowest BCUT2D eigenvalue weighted by molar-refractivity contribution is -0.113. The van der Waals surface area contributed by atoms with E-state index in [2.05, 4.69) is 11.0 Å². The summed E-state index contributed by atoms with van der Waals surface area (Å²) in [4.78, 5) is 13.1. The molecule has 1 heterocycles. The third-order valence-electron chi connectivity index (χ3n) is 3.24. The molecular weight excluding hydrogens is 226 g/mol. The molecule has 0 radical (unpaired) electrons. The van der Waals surface area contributed by atoms with Crippen molar-refractivity contribution in [3.05, 3.63) is 35.9 Å². The Morgan fingerprint density at radius 2 is 1.94 bits per heavy atom. The Balaban J connectivity index is 2.19. The zero-order valence-corrected chi connectivity index (χ0v) is 10.4. The second kappa shape index (κ2) is 5.69. The zero-order valence-electron chi connectivity index (χ0n) is 10.4. The fraction of sp³-hybridized carbons (Fsp3) is 0.357. The highest BCUT2D eigenvalue weighted by molar-refractivity contribution is 5.91. The molecule has 1 fully saturated rings. The van der Waals surface area contributed by atoms with Crippen LogP contribution in [0.2, 0.25) is 0 Å². The van der Waals surface area contributed by atoms with Gasteiger partial charge in [0.25, 0.3) is 0 Å². The molecule has 2 rings (SSSR count). The predicted octanol–water partition coefficient (Wildman–Crippen LogP) is 1.11. The topological polar surface area (TPSA) is 72.4 Å². The zero-order chi connectivity index (χ0) is 13.0. The number of primary amides is 1. The molecule has 0 spiro atoms. The summed E-state index contributed by atoms with van der Waals surface area (Å²) < 4.78 is 0. The van der Waals surface area contributed by atoms with Crippen molar-refractivity contribution in [2.45, 2.75) is 18.9 Å². The lowest BCUT2D eigenvalue weighted by Crippen LogP contribution is -2.39. The Labute approximate surface area is 107 Å². The van der Waals surface area contributed by atoms with Crippen LogP contribution in [0.3, 0.4) is 0 Å². The van der Waals surface area contributed by atoms with Crippen LogP contribution in [-0.4, -0.2) is 25.0 Å². The van der Waals surface area contributed by atoms with E-state index < -0.39 is 5.91 Å². The van der Waals surface area contributed by atoms with Gasteiger partial charge in [-0.25, -0.2) is 0 Å². The Kier molecular flexibility index (Phi) is 3.99. The largest absolute Gasteiger partial charge is 0.371 e. The molecule has 0 unspecified atom stereocenters. The quantitative estimate of drug-likeness (QED) is 0.784. The number of nitrogens with zero attached hydrogens (tertiary/aromatic N) is 1. The van der Waals surface area contributed by atoms with Gasteiger partial charge in [-0.1, -0.05) is 18.2 Å². The summed E-state index contributed by atoms with van der Waals surface area (Å²) >= 11 is 0. The smallest absolute Gasteiger partial charge is 0.241 e. The standard InChI is InChI=1S/C14H19N3O/c15-12-7-9-17(10-8-12)13-4-2-1-3-11(13)5-6-14(16)18/h1-6,12H,7-10,15H2,(H2,16,18)/b6-5+. The SMILES string of the molecule is NC(=O)/C=C/c1ccccc1N1CCC(N)CC1. The maximum atomic E-state index is 10.8. The normalized spacial score (nSPS) is 17.3. The van der Waals surface area contributed by atoms with Crippen molar-refractivity contribution in [2.24, 2.45) is 11.5 Å². The highest BCUT2D eigenvalue weighted by atomic mass is 16.1. The van der Waals surface area contributed by atoms with Gasteiger partial charge in [0.1, 0.15) is 0 Å². The number of benzene rings is 1. The van der Waals surface area contributed by atoms with Gasteiger partial charge < -0.3 is 16.4 Å². The van der Waals surface area contributed by atoms with Crippen molar-refractivity contribution in [3.8, 4) is 0 Å². The number of nitrogens with two attached hydrogens (primary N) is 2. The van der Waals surface area contributed by atoms with E-state index in [0.717, 1.165) is 37.2 Å². The lowest BCUT2D eigenvalue weighted by Gasteiger charge is -2.33. The van der Waals surface area contributed by atoms with E-state index in [1.807, 2.05) is 18.2 Å². The summed E-state index contributed by atoms with van der Waals surface area (Å²) in [5.74, 6) is -0.425. The summed E-state index contributed by atoms with van der Waals surface area (Å²) in [6, 6.07) is 8.33. The summed E-state index contributed by atoms with van der Waals surface area (Å²) in [7, 11) is 0. The number of carbonyl (C=O) groups excluding carboxylic acids is 1. The van der Waals surface area contributed by atoms with Crippen LogP contribution in [0.15, 0.2) is 30.3 Å². The van der Waals surface area contributed by atoms with Crippen LogP contribution in [0.5, 0.6) is 0 Å². The summed E-state index contributed by atoms with van der Waals surface area (Å²) in [5, 5.41) is 0. The molecule has 1 aromatic carbocycles.